The van der Waals surface area contributed by atoms with E-state index in [2.05, 4.69) is 26.6 Å². The van der Waals surface area contributed by atoms with Gasteiger partial charge in [-0.05, 0) is 102 Å². The van der Waals surface area contributed by atoms with Crippen LogP contribution in [0.4, 0.5) is 19.2 Å². The molecule has 356 valence electrons. The quantitative estimate of drug-likeness (QED) is 0.101. The Morgan fingerprint density at radius 1 is 0.823 bits per heavy atom. The molecule has 0 bridgehead atoms. The zero-order chi connectivity index (χ0) is 47.0. The van der Waals surface area contributed by atoms with Crippen LogP contribution in [0.15, 0.2) is 11.8 Å². The van der Waals surface area contributed by atoms with E-state index in [9.17, 15) is 44.4 Å². The largest absolute Gasteiger partial charge is 0.464 e. The van der Waals surface area contributed by atoms with Crippen LogP contribution in [0.3, 0.4) is 0 Å². The number of aliphatic hydroxyl groups is 4. The molecule has 0 radical (unpaired) electrons. The lowest BCUT2D eigenvalue weighted by atomic mass is 9.82. The van der Waals surface area contributed by atoms with Crippen molar-refractivity contribution in [2.75, 3.05) is 26.8 Å². The first-order chi connectivity index (χ1) is 28.5. The Bertz CT molecular complexity index is 1580. The number of rotatable bonds is 14. The van der Waals surface area contributed by atoms with Crippen LogP contribution in [0.25, 0.3) is 0 Å². The van der Waals surface area contributed by atoms with Gasteiger partial charge >= 0.3 is 24.4 Å². The van der Waals surface area contributed by atoms with E-state index in [0.717, 1.165) is 0 Å². The maximum absolute atomic E-state index is 13.6. The molecule has 0 spiro atoms. The Morgan fingerprint density at radius 2 is 1.34 bits per heavy atom. The third kappa shape index (κ3) is 16.5. The molecule has 12 atom stereocenters. The maximum Gasteiger partial charge on any atom is 0.408 e. The van der Waals surface area contributed by atoms with Crippen LogP contribution in [0.2, 0.25) is 0 Å². The number of nitrogens with two attached hydrogens (primary N) is 1. The van der Waals surface area contributed by atoms with E-state index in [1.807, 2.05) is 0 Å². The first-order valence-corrected chi connectivity index (χ1v) is 20.4. The highest BCUT2D eigenvalue weighted by Gasteiger charge is 2.53. The smallest absolute Gasteiger partial charge is 0.408 e. The molecule has 3 rings (SSSR count). The molecule has 2 aliphatic heterocycles. The topological polar surface area (TPSA) is 326 Å². The summed E-state index contributed by atoms with van der Waals surface area (Å²) < 4.78 is 45.5. The summed E-state index contributed by atoms with van der Waals surface area (Å²) in [6, 6.07) is -4.54. The van der Waals surface area contributed by atoms with Gasteiger partial charge in [0.25, 0.3) is 0 Å². The van der Waals surface area contributed by atoms with Crippen molar-refractivity contribution in [3.05, 3.63) is 11.8 Å². The number of primary amides is 1. The highest BCUT2D eigenvalue weighted by Crippen LogP contribution is 2.33. The Labute approximate surface area is 361 Å². The summed E-state index contributed by atoms with van der Waals surface area (Å²) in [5, 5.41) is 58.7. The molecule has 23 nitrogen and oxygen atoms in total. The second-order valence-electron chi connectivity index (χ2n) is 18.6. The molecule has 3 aliphatic rings. The average Bonchev–Trinajstić information content (AvgIpc) is 3.09. The van der Waals surface area contributed by atoms with E-state index >= 15 is 0 Å². The molecule has 0 aromatic carbocycles. The Kier molecular flexibility index (Phi) is 18.0. The molecular formula is C39H68N6O17. The monoisotopic (exact) mass is 892 g/mol. The van der Waals surface area contributed by atoms with Crippen LogP contribution < -0.4 is 32.3 Å². The molecule has 1 aliphatic carbocycles. The molecule has 0 aromatic rings. The zero-order valence-corrected chi connectivity index (χ0v) is 37.3. The number of hydrogen-bond donors (Lipinski definition) is 10. The number of alkyl carbamates (subject to hydrolysis) is 3. The van der Waals surface area contributed by atoms with Crippen LogP contribution in [0.1, 0.15) is 88.5 Å². The molecule has 1 saturated heterocycles. The lowest BCUT2D eigenvalue weighted by Crippen LogP contribution is -2.70. The molecule has 11 N–H and O–H groups in total. The normalized spacial score (nSPS) is 30.9. The van der Waals surface area contributed by atoms with Gasteiger partial charge in [-0.2, -0.15) is 0 Å². The molecule has 1 saturated carbocycles. The van der Waals surface area contributed by atoms with Crippen LogP contribution in [0.5, 0.6) is 0 Å². The second kappa shape index (κ2) is 21.4. The molecular weight excluding hydrogens is 824 g/mol. The Hall–Kier alpha value is -4.23. The van der Waals surface area contributed by atoms with Crippen LogP contribution >= 0.6 is 0 Å². The minimum absolute atomic E-state index is 0.0288. The maximum atomic E-state index is 13.6. The van der Waals surface area contributed by atoms with Gasteiger partial charge in [0.15, 0.2) is 6.29 Å². The van der Waals surface area contributed by atoms with Crippen molar-refractivity contribution in [3.63, 3.8) is 0 Å². The molecule has 62 heavy (non-hydrogen) atoms. The van der Waals surface area contributed by atoms with E-state index in [-0.39, 0.29) is 38.2 Å². The van der Waals surface area contributed by atoms with Crippen molar-refractivity contribution < 1.29 is 82.3 Å². The molecule has 2 fully saturated rings. The van der Waals surface area contributed by atoms with Gasteiger partial charge in [0.05, 0.1) is 30.8 Å². The molecule has 23 heteroatoms. The number of likely N-dealkylation sites (N-methyl/N-ethyl adjacent to an activating group) is 1. The highest BCUT2D eigenvalue weighted by atomic mass is 16.7. The fourth-order valence-electron chi connectivity index (χ4n) is 6.80. The van der Waals surface area contributed by atoms with Gasteiger partial charge in [0.1, 0.15) is 65.3 Å². The van der Waals surface area contributed by atoms with Crippen molar-refractivity contribution in [2.45, 2.75) is 178 Å². The molecule has 2 heterocycles. The number of carbonyl (C=O) groups is 5. The van der Waals surface area contributed by atoms with Crippen molar-refractivity contribution in [1.82, 2.24) is 26.6 Å². The SMILES string of the molecule is CN[C@@H]1[C@@H](O)[C@@H](O[C@@H]2[C@@H](O)[C@H](O[C@H]3OC(COC(N)=O)=CC[C@H]3NC(=O)OC(C)(C)C)[C@@H](NC(=O)OC(C)(C)C)C[C@H]2NC(=O)[C@@H](O)CCNC(=O)OC(C)(C)C)OC[C@]1(C)O. The predicted octanol–water partition coefficient (Wildman–Crippen LogP) is -0.150. The first-order valence-electron chi connectivity index (χ1n) is 20.4. The van der Waals surface area contributed by atoms with E-state index in [0.29, 0.717) is 0 Å². The number of aliphatic hydroxyl groups excluding tert-OH is 3. The second-order valence-corrected chi connectivity index (χ2v) is 18.6. The van der Waals surface area contributed by atoms with Gasteiger partial charge in [-0.25, -0.2) is 19.2 Å². The first kappa shape index (κ1) is 52.1. The van der Waals surface area contributed by atoms with Gasteiger partial charge in [-0.1, -0.05) is 0 Å². The van der Waals surface area contributed by atoms with Gasteiger partial charge in [-0.15, -0.1) is 0 Å². The van der Waals surface area contributed by atoms with Crippen molar-refractivity contribution in [3.8, 4) is 0 Å². The summed E-state index contributed by atoms with van der Waals surface area (Å²) in [7, 11) is 1.50. The summed E-state index contributed by atoms with van der Waals surface area (Å²) in [4.78, 5) is 63.5. The lowest BCUT2D eigenvalue weighted by molar-refractivity contribution is -0.305. The predicted molar refractivity (Wildman–Crippen MR) is 216 cm³/mol. The number of hydrogen-bond acceptors (Lipinski definition) is 18. The standard InChI is InChI=1S/C39H68N6O17/c1-36(2,3)60-33(51)42-15-14-23(46)29(49)43-21-16-22(45-35(53)62-38(7,8)9)27(24(47)26(21)59-31-25(48)28(41-11)39(10,54)18-56-31)58-30-20(44-34(52)61-37(4,5)6)13-12-19(57-30)17-55-32(40)50/h12,20-28,30-31,41,46-48,54H,13-18H2,1-11H3,(H2,40,50)(H,42,51)(H,43,49)(H,44,52)(H,45,53)/t20-,21-,22+,23+,24-,25-,26+,27-,28-,30-,31-,39+/m1/s1. The number of carbonyl (C=O) groups excluding carboxylic acids is 5. The van der Waals surface area contributed by atoms with Crippen LogP contribution in [-0.4, -0.2) is 167 Å². The zero-order valence-electron chi connectivity index (χ0n) is 37.3. The number of amides is 5. The average molecular weight is 893 g/mol. The van der Waals surface area contributed by atoms with E-state index in [1.54, 1.807) is 62.3 Å². The molecule has 5 amide bonds. The highest BCUT2D eigenvalue weighted by molar-refractivity contribution is 5.81. The Morgan fingerprint density at radius 3 is 1.87 bits per heavy atom. The van der Waals surface area contributed by atoms with Gasteiger partial charge in [-0.3, -0.25) is 4.79 Å². The van der Waals surface area contributed by atoms with E-state index < -0.39 is 127 Å². The third-order valence-corrected chi connectivity index (χ3v) is 9.37. The summed E-state index contributed by atoms with van der Waals surface area (Å²) in [5.41, 5.74) is 0.930. The van der Waals surface area contributed by atoms with Crippen molar-refractivity contribution in [1.29, 1.82) is 0 Å². The summed E-state index contributed by atoms with van der Waals surface area (Å²) >= 11 is 0. The fourth-order valence-corrected chi connectivity index (χ4v) is 6.80. The minimum Gasteiger partial charge on any atom is -0.464 e. The lowest BCUT2D eigenvalue weighted by Gasteiger charge is -2.49. The van der Waals surface area contributed by atoms with E-state index in [4.69, 9.17) is 43.6 Å². The molecule has 0 unspecified atom stereocenters. The summed E-state index contributed by atoms with van der Waals surface area (Å²) in [6.07, 6.45) is -13.9. The minimum atomic E-state index is -1.85. The molecule has 0 aromatic heterocycles. The fraction of sp³-hybridized carbons (Fsp3) is 0.821. The number of ether oxygens (including phenoxy) is 8. The van der Waals surface area contributed by atoms with E-state index in [1.165, 1.54) is 20.0 Å². The van der Waals surface area contributed by atoms with Gasteiger partial charge < -0.3 is 90.6 Å². The van der Waals surface area contributed by atoms with Crippen molar-refractivity contribution in [2.24, 2.45) is 5.73 Å². The summed E-state index contributed by atoms with van der Waals surface area (Å²) in [5.74, 6) is -0.894. The van der Waals surface area contributed by atoms with Crippen LogP contribution in [-0.2, 0) is 42.7 Å². The van der Waals surface area contributed by atoms with Crippen LogP contribution in [0, 0.1) is 0 Å². The number of nitrogens with one attached hydrogen (secondary N) is 5. The van der Waals surface area contributed by atoms with Gasteiger partial charge in [0.2, 0.25) is 12.2 Å². The van der Waals surface area contributed by atoms with Gasteiger partial charge in [0, 0.05) is 6.54 Å². The van der Waals surface area contributed by atoms with Crippen molar-refractivity contribution >= 4 is 30.3 Å². The Balaban J connectivity index is 2.03. The third-order valence-electron chi connectivity index (χ3n) is 9.37. The summed E-state index contributed by atoms with van der Waals surface area (Å²) in [6.45, 7) is 15.4.